The molecule has 196 valence electrons. The van der Waals surface area contributed by atoms with E-state index in [9.17, 15) is 14.4 Å². The molecule has 8 nitrogen and oxygen atoms in total. The zero-order valence-corrected chi connectivity index (χ0v) is 21.9. The van der Waals surface area contributed by atoms with Crippen LogP contribution in [0.25, 0.3) is 0 Å². The maximum absolute atomic E-state index is 13.2. The fourth-order valence-corrected chi connectivity index (χ4v) is 4.41. The summed E-state index contributed by atoms with van der Waals surface area (Å²) >= 11 is 0. The van der Waals surface area contributed by atoms with E-state index in [1.807, 2.05) is 61.6 Å². The Morgan fingerprint density at radius 2 is 1.76 bits per heavy atom. The van der Waals surface area contributed by atoms with E-state index in [-0.39, 0.29) is 18.4 Å². The van der Waals surface area contributed by atoms with Gasteiger partial charge in [0.15, 0.2) is 0 Å². The number of likely N-dealkylation sites (N-methyl/N-ethyl adjacent to an activating group) is 1. The highest BCUT2D eigenvalue weighted by atomic mass is 16.5. The van der Waals surface area contributed by atoms with E-state index in [1.54, 1.807) is 25.1 Å². The van der Waals surface area contributed by atoms with Crippen LogP contribution in [-0.2, 0) is 20.9 Å². The molecule has 3 aromatic carbocycles. The van der Waals surface area contributed by atoms with Crippen LogP contribution in [0.15, 0.2) is 77.8 Å². The zero-order chi connectivity index (χ0) is 27.1. The lowest BCUT2D eigenvalue weighted by molar-refractivity contribution is -0.119. The van der Waals surface area contributed by atoms with Gasteiger partial charge < -0.3 is 20.3 Å². The van der Waals surface area contributed by atoms with Gasteiger partial charge in [-0.15, -0.1) is 0 Å². The van der Waals surface area contributed by atoms with Crippen LogP contribution in [0, 0.1) is 0 Å². The zero-order valence-electron chi connectivity index (χ0n) is 21.9. The molecule has 0 aromatic heterocycles. The van der Waals surface area contributed by atoms with Crippen molar-refractivity contribution in [2.45, 2.75) is 26.3 Å². The van der Waals surface area contributed by atoms with Crippen molar-refractivity contribution in [3.05, 3.63) is 95.1 Å². The summed E-state index contributed by atoms with van der Waals surface area (Å²) in [5, 5.41) is 5.72. The van der Waals surface area contributed by atoms with Crippen LogP contribution >= 0.6 is 0 Å². The van der Waals surface area contributed by atoms with Crippen LogP contribution in [0.1, 0.15) is 46.8 Å². The highest BCUT2D eigenvalue weighted by Gasteiger charge is 2.36. The Hall–Kier alpha value is -4.30. The van der Waals surface area contributed by atoms with Crippen molar-refractivity contribution in [3.63, 3.8) is 0 Å². The lowest BCUT2D eigenvalue weighted by Gasteiger charge is -2.17. The maximum atomic E-state index is 13.2. The Labute approximate surface area is 222 Å². The van der Waals surface area contributed by atoms with Gasteiger partial charge in [0.1, 0.15) is 5.92 Å². The first-order valence-corrected chi connectivity index (χ1v) is 12.6. The average Bonchev–Trinajstić information content (AvgIpc) is 3.23. The van der Waals surface area contributed by atoms with E-state index >= 15 is 0 Å². The van der Waals surface area contributed by atoms with Crippen LogP contribution < -0.4 is 10.6 Å². The summed E-state index contributed by atoms with van der Waals surface area (Å²) in [6.07, 6.45) is 0. The van der Waals surface area contributed by atoms with E-state index in [2.05, 4.69) is 15.5 Å². The highest BCUT2D eigenvalue weighted by molar-refractivity contribution is 6.24. The second kappa shape index (κ2) is 12.3. The van der Waals surface area contributed by atoms with Gasteiger partial charge in [-0.1, -0.05) is 48.5 Å². The van der Waals surface area contributed by atoms with Crippen LogP contribution in [0.4, 0.5) is 11.4 Å². The van der Waals surface area contributed by atoms with Crippen molar-refractivity contribution < 1.29 is 19.1 Å². The summed E-state index contributed by atoms with van der Waals surface area (Å²) in [7, 11) is 2.00. The van der Waals surface area contributed by atoms with Gasteiger partial charge in [-0.05, 0) is 54.9 Å². The molecule has 0 radical (unpaired) electrons. The molecule has 38 heavy (non-hydrogen) atoms. The summed E-state index contributed by atoms with van der Waals surface area (Å²) in [5.41, 5.74) is 5.07. The van der Waals surface area contributed by atoms with Crippen LogP contribution in [0.3, 0.4) is 0 Å². The number of rotatable bonds is 10. The van der Waals surface area contributed by atoms with Crippen LogP contribution in [0.2, 0.25) is 0 Å². The van der Waals surface area contributed by atoms with Gasteiger partial charge in [0.25, 0.3) is 0 Å². The molecule has 4 rings (SSSR count). The third-order valence-electron chi connectivity index (χ3n) is 6.24. The minimum atomic E-state index is -0.622. The molecule has 1 aliphatic rings. The van der Waals surface area contributed by atoms with Gasteiger partial charge in [-0.3, -0.25) is 14.6 Å². The van der Waals surface area contributed by atoms with Gasteiger partial charge in [0.05, 0.1) is 23.6 Å². The van der Waals surface area contributed by atoms with Crippen LogP contribution in [0.5, 0.6) is 0 Å². The molecule has 8 heteroatoms. The number of nitrogens with one attached hydrogen (secondary N) is 2. The van der Waals surface area contributed by atoms with Crippen molar-refractivity contribution in [2.24, 2.45) is 4.99 Å². The predicted molar refractivity (Wildman–Crippen MR) is 148 cm³/mol. The van der Waals surface area contributed by atoms with Gasteiger partial charge in [0.2, 0.25) is 11.8 Å². The quantitative estimate of drug-likeness (QED) is 0.312. The first kappa shape index (κ1) is 26.8. The van der Waals surface area contributed by atoms with E-state index < -0.39 is 11.9 Å². The standard InChI is InChI=1S/C30H32N4O4/c1-4-38-30(37)23-12-15-25-26(18-23)33-29(36)27(25)28(22-8-6-5-7-9-22)32-24-13-10-21(11-14-24)19-34(3)17-16-31-20(2)35/h5-15,18,27H,4,16-17,19H2,1-3H3,(H,31,35)(H,33,36). The summed E-state index contributed by atoms with van der Waals surface area (Å²) in [4.78, 5) is 43.6. The van der Waals surface area contributed by atoms with Crippen molar-refractivity contribution in [1.29, 1.82) is 0 Å². The number of fused-ring (bicyclic) bond motifs is 1. The maximum Gasteiger partial charge on any atom is 0.338 e. The Kier molecular flexibility index (Phi) is 8.66. The number of hydrogen-bond acceptors (Lipinski definition) is 6. The van der Waals surface area contributed by atoms with Crippen molar-refractivity contribution in [2.75, 3.05) is 32.1 Å². The first-order valence-electron chi connectivity index (χ1n) is 12.6. The van der Waals surface area contributed by atoms with E-state index in [1.165, 1.54) is 6.92 Å². The molecular weight excluding hydrogens is 480 g/mol. The number of hydrogen-bond donors (Lipinski definition) is 2. The Bertz CT molecular complexity index is 1340. The van der Waals surface area contributed by atoms with E-state index in [0.717, 1.165) is 35.5 Å². The van der Waals surface area contributed by atoms with Gasteiger partial charge in [0, 0.05) is 32.2 Å². The topological polar surface area (TPSA) is 100 Å². The number of carbonyl (C=O) groups excluding carboxylic acids is 3. The van der Waals surface area contributed by atoms with E-state index in [0.29, 0.717) is 23.5 Å². The molecule has 0 aliphatic carbocycles. The van der Waals surface area contributed by atoms with E-state index in [4.69, 9.17) is 9.73 Å². The molecule has 0 spiro atoms. The smallest absolute Gasteiger partial charge is 0.338 e. The monoisotopic (exact) mass is 512 g/mol. The number of anilines is 1. The number of amides is 2. The van der Waals surface area contributed by atoms with Gasteiger partial charge in [-0.25, -0.2) is 4.79 Å². The number of benzene rings is 3. The largest absolute Gasteiger partial charge is 0.462 e. The highest BCUT2D eigenvalue weighted by Crippen LogP contribution is 2.37. The lowest BCUT2D eigenvalue weighted by atomic mass is 9.90. The molecule has 3 aromatic rings. The average molecular weight is 513 g/mol. The molecule has 0 saturated heterocycles. The number of esters is 1. The fourth-order valence-electron chi connectivity index (χ4n) is 4.41. The lowest BCUT2D eigenvalue weighted by Crippen LogP contribution is -2.31. The summed E-state index contributed by atoms with van der Waals surface area (Å²) in [6, 6.07) is 22.7. The van der Waals surface area contributed by atoms with Crippen molar-refractivity contribution in [1.82, 2.24) is 10.2 Å². The number of nitrogens with zero attached hydrogens (tertiary/aromatic N) is 2. The number of ether oxygens (including phenoxy) is 1. The van der Waals surface area contributed by atoms with Crippen molar-refractivity contribution in [3.8, 4) is 0 Å². The molecule has 2 N–H and O–H groups in total. The molecule has 1 atom stereocenters. The molecule has 1 heterocycles. The summed E-state index contributed by atoms with van der Waals surface area (Å²) in [6.45, 7) is 5.62. The third kappa shape index (κ3) is 6.52. The Balaban J connectivity index is 1.60. The number of carbonyl (C=O) groups is 3. The molecule has 2 amide bonds. The molecule has 0 bridgehead atoms. The van der Waals surface area contributed by atoms with Gasteiger partial charge >= 0.3 is 5.97 Å². The summed E-state index contributed by atoms with van der Waals surface area (Å²) < 4.78 is 5.10. The van der Waals surface area contributed by atoms with Gasteiger partial charge in [-0.2, -0.15) is 0 Å². The second-order valence-corrected chi connectivity index (χ2v) is 9.20. The minimum absolute atomic E-state index is 0.0344. The molecular formula is C30H32N4O4. The Morgan fingerprint density at radius 3 is 2.45 bits per heavy atom. The molecule has 1 aliphatic heterocycles. The minimum Gasteiger partial charge on any atom is -0.462 e. The first-order chi connectivity index (χ1) is 18.4. The normalized spacial score (nSPS) is 14.7. The third-order valence-corrected chi connectivity index (χ3v) is 6.24. The summed E-state index contributed by atoms with van der Waals surface area (Å²) in [5.74, 6) is -1.28. The SMILES string of the molecule is CCOC(=O)c1ccc2c(c1)NC(=O)C2C(=Nc1ccc(CN(C)CCNC(C)=O)cc1)c1ccccc1. The predicted octanol–water partition coefficient (Wildman–Crippen LogP) is 4.29. The second-order valence-electron chi connectivity index (χ2n) is 9.20. The molecule has 1 unspecified atom stereocenters. The molecule has 0 saturated carbocycles. The Morgan fingerprint density at radius 1 is 1.03 bits per heavy atom. The van der Waals surface area contributed by atoms with Crippen LogP contribution in [-0.4, -0.2) is 55.1 Å². The number of aliphatic imine (C=N–C) groups is 1. The van der Waals surface area contributed by atoms with Crippen molar-refractivity contribution >= 4 is 34.9 Å². The molecule has 0 fully saturated rings. The fraction of sp³-hybridized carbons (Fsp3) is 0.267.